The first-order valence-electron chi connectivity index (χ1n) is 7.99. The molecule has 0 spiro atoms. The summed E-state index contributed by atoms with van der Waals surface area (Å²) in [5.41, 5.74) is 3.65. The Labute approximate surface area is 156 Å². The molecule has 6 nitrogen and oxygen atoms in total. The van der Waals surface area contributed by atoms with Crippen LogP contribution in [0.2, 0.25) is 0 Å². The van der Waals surface area contributed by atoms with Gasteiger partial charge in [0, 0.05) is 35.9 Å². The number of pyridine rings is 1. The van der Waals surface area contributed by atoms with E-state index >= 15 is 0 Å². The van der Waals surface area contributed by atoms with Gasteiger partial charge in [-0.05, 0) is 37.3 Å². The van der Waals surface area contributed by atoms with Crippen molar-refractivity contribution in [2.45, 2.75) is 6.92 Å². The zero-order valence-electron chi connectivity index (χ0n) is 15.1. The van der Waals surface area contributed by atoms with Crippen LogP contribution in [0.15, 0.2) is 58.2 Å². The van der Waals surface area contributed by atoms with Crippen LogP contribution in [-0.2, 0) is 0 Å². The summed E-state index contributed by atoms with van der Waals surface area (Å²) in [5, 5.41) is 6.81. The predicted molar refractivity (Wildman–Crippen MR) is 104 cm³/mol. The Morgan fingerprint density at radius 1 is 1.12 bits per heavy atom. The van der Waals surface area contributed by atoms with E-state index in [4.69, 9.17) is 14.6 Å². The third-order valence-corrected chi connectivity index (χ3v) is 4.81. The molecule has 134 valence electrons. The van der Waals surface area contributed by atoms with Crippen LogP contribution in [0.5, 0.6) is 11.5 Å². The van der Waals surface area contributed by atoms with Crippen molar-refractivity contribution >= 4 is 17.0 Å². The molecule has 0 aliphatic heterocycles. The molecule has 0 radical (unpaired) electrons. The van der Waals surface area contributed by atoms with Crippen molar-refractivity contribution in [3.05, 3.63) is 58.5 Å². The van der Waals surface area contributed by atoms with Crippen LogP contribution in [-0.4, -0.2) is 36.6 Å². The molecule has 0 amide bonds. The largest absolute Gasteiger partial charge is 0.497 e. The van der Waals surface area contributed by atoms with E-state index in [9.17, 15) is 0 Å². The number of hydrogen-bond acceptors (Lipinski definition) is 6. The monoisotopic (exact) mass is 368 g/mol. The summed E-state index contributed by atoms with van der Waals surface area (Å²) >= 11 is 1.52. The lowest BCUT2D eigenvalue weighted by Crippen LogP contribution is -2.14. The topological polar surface area (TPSA) is 61.0 Å². The normalized spacial score (nSPS) is 12.3. The van der Waals surface area contributed by atoms with Gasteiger partial charge in [-0.25, -0.2) is 4.68 Å². The van der Waals surface area contributed by atoms with Gasteiger partial charge in [0.15, 0.2) is 0 Å². The first-order chi connectivity index (χ1) is 12.7. The standard InChI is InChI=1S/C19H20N4O2S/c1-13(14-7-9-21-10-8-14)22-23-17(12-26-19(23)20-2)16-11-15(24-3)5-6-18(16)25-4/h5-12H,1-4H3/b20-19?,22-13+. The summed E-state index contributed by atoms with van der Waals surface area (Å²) in [4.78, 5) is 9.20. The van der Waals surface area contributed by atoms with Crippen LogP contribution in [0, 0.1) is 0 Å². The van der Waals surface area contributed by atoms with Crippen LogP contribution < -0.4 is 14.3 Å². The lowest BCUT2D eigenvalue weighted by molar-refractivity contribution is 0.404. The Morgan fingerprint density at radius 3 is 2.54 bits per heavy atom. The molecule has 0 saturated heterocycles. The second-order valence-corrected chi connectivity index (χ2v) is 6.26. The fraction of sp³-hybridized carbons (Fsp3) is 0.211. The van der Waals surface area contributed by atoms with E-state index in [-0.39, 0.29) is 0 Å². The maximum atomic E-state index is 5.54. The summed E-state index contributed by atoms with van der Waals surface area (Å²) < 4.78 is 12.7. The number of methoxy groups -OCH3 is 2. The lowest BCUT2D eigenvalue weighted by atomic mass is 10.1. The van der Waals surface area contributed by atoms with Crippen molar-refractivity contribution < 1.29 is 9.47 Å². The number of ether oxygens (including phenoxy) is 2. The molecule has 0 atom stereocenters. The molecular weight excluding hydrogens is 348 g/mol. The highest BCUT2D eigenvalue weighted by Crippen LogP contribution is 2.33. The van der Waals surface area contributed by atoms with Crippen LogP contribution in [0.3, 0.4) is 0 Å². The maximum Gasteiger partial charge on any atom is 0.205 e. The van der Waals surface area contributed by atoms with Gasteiger partial charge in [-0.2, -0.15) is 5.10 Å². The Balaban J connectivity index is 2.19. The minimum atomic E-state index is 0.747. The van der Waals surface area contributed by atoms with E-state index in [0.717, 1.165) is 38.8 Å². The highest BCUT2D eigenvalue weighted by molar-refractivity contribution is 7.07. The van der Waals surface area contributed by atoms with Gasteiger partial charge >= 0.3 is 0 Å². The molecule has 1 aromatic carbocycles. The van der Waals surface area contributed by atoms with E-state index in [1.165, 1.54) is 11.3 Å². The quantitative estimate of drug-likeness (QED) is 0.648. The minimum absolute atomic E-state index is 0.747. The molecule has 0 fully saturated rings. The smallest absolute Gasteiger partial charge is 0.205 e. The molecule has 0 aliphatic rings. The van der Waals surface area contributed by atoms with Crippen molar-refractivity contribution in [2.75, 3.05) is 21.3 Å². The molecule has 7 heteroatoms. The molecule has 3 aromatic rings. The van der Waals surface area contributed by atoms with E-state index in [2.05, 4.69) is 9.98 Å². The van der Waals surface area contributed by atoms with Crippen LogP contribution in [0.4, 0.5) is 0 Å². The van der Waals surface area contributed by atoms with Crippen LogP contribution >= 0.6 is 11.3 Å². The Morgan fingerprint density at radius 2 is 1.88 bits per heavy atom. The van der Waals surface area contributed by atoms with Crippen molar-refractivity contribution in [1.29, 1.82) is 0 Å². The highest BCUT2D eigenvalue weighted by Gasteiger charge is 2.14. The van der Waals surface area contributed by atoms with Gasteiger partial charge in [0.25, 0.3) is 0 Å². The van der Waals surface area contributed by atoms with Gasteiger partial charge in [-0.3, -0.25) is 9.98 Å². The summed E-state index contributed by atoms with van der Waals surface area (Å²) in [6, 6.07) is 9.56. The maximum absolute atomic E-state index is 5.54. The van der Waals surface area contributed by atoms with E-state index in [1.807, 2.05) is 47.3 Å². The fourth-order valence-corrected chi connectivity index (χ4v) is 3.34. The zero-order chi connectivity index (χ0) is 18.5. The van der Waals surface area contributed by atoms with Crippen molar-refractivity contribution in [3.8, 4) is 22.8 Å². The van der Waals surface area contributed by atoms with Gasteiger partial charge in [0.2, 0.25) is 4.80 Å². The average molecular weight is 368 g/mol. The lowest BCUT2D eigenvalue weighted by Gasteiger charge is -2.11. The number of nitrogens with zero attached hydrogens (tertiary/aromatic N) is 4. The fourth-order valence-electron chi connectivity index (χ4n) is 2.55. The zero-order valence-corrected chi connectivity index (χ0v) is 15.9. The average Bonchev–Trinajstić information content (AvgIpc) is 3.10. The third kappa shape index (κ3) is 3.52. The SMILES string of the molecule is CN=c1scc(-c2cc(OC)ccc2OC)n1/N=C(\C)c1ccncc1. The predicted octanol–water partition coefficient (Wildman–Crippen LogP) is 3.43. The molecule has 0 aliphatic carbocycles. The Kier molecular flexibility index (Phi) is 5.48. The van der Waals surface area contributed by atoms with E-state index in [0.29, 0.717) is 0 Å². The van der Waals surface area contributed by atoms with Gasteiger partial charge in [-0.1, -0.05) is 0 Å². The molecule has 2 aromatic heterocycles. The number of benzene rings is 1. The number of hydrogen-bond donors (Lipinski definition) is 0. The third-order valence-electron chi connectivity index (χ3n) is 3.91. The van der Waals surface area contributed by atoms with Gasteiger partial charge in [-0.15, -0.1) is 11.3 Å². The number of aromatic nitrogens is 2. The molecule has 26 heavy (non-hydrogen) atoms. The molecule has 3 rings (SSSR count). The molecule has 0 bridgehead atoms. The van der Waals surface area contributed by atoms with E-state index in [1.54, 1.807) is 33.7 Å². The molecular formula is C19H20N4O2S. The second kappa shape index (κ2) is 7.97. The van der Waals surface area contributed by atoms with Gasteiger partial charge < -0.3 is 9.47 Å². The van der Waals surface area contributed by atoms with Crippen molar-refractivity contribution in [2.24, 2.45) is 10.1 Å². The number of rotatable bonds is 5. The highest BCUT2D eigenvalue weighted by atomic mass is 32.1. The van der Waals surface area contributed by atoms with Crippen molar-refractivity contribution in [1.82, 2.24) is 9.66 Å². The molecule has 0 saturated carbocycles. The summed E-state index contributed by atoms with van der Waals surface area (Å²) in [6.45, 7) is 1.96. The second-order valence-electron chi connectivity index (χ2n) is 5.43. The molecule has 0 N–H and O–H groups in total. The Hall–Kier alpha value is -2.93. The van der Waals surface area contributed by atoms with Gasteiger partial charge in [0.05, 0.1) is 25.6 Å². The molecule has 0 unspecified atom stereocenters. The minimum Gasteiger partial charge on any atom is -0.497 e. The number of thiazole rings is 1. The first-order valence-corrected chi connectivity index (χ1v) is 8.87. The molecule has 2 heterocycles. The first kappa shape index (κ1) is 17.9. The van der Waals surface area contributed by atoms with Crippen LogP contribution in [0.1, 0.15) is 12.5 Å². The summed E-state index contributed by atoms with van der Waals surface area (Å²) in [5.74, 6) is 1.50. The van der Waals surface area contributed by atoms with Gasteiger partial charge in [0.1, 0.15) is 11.5 Å². The summed E-state index contributed by atoms with van der Waals surface area (Å²) in [6.07, 6.45) is 3.51. The van der Waals surface area contributed by atoms with Crippen molar-refractivity contribution in [3.63, 3.8) is 0 Å². The van der Waals surface area contributed by atoms with E-state index < -0.39 is 0 Å². The summed E-state index contributed by atoms with van der Waals surface area (Å²) in [7, 11) is 5.05. The van der Waals surface area contributed by atoms with Crippen LogP contribution in [0.25, 0.3) is 11.3 Å². The Bertz CT molecular complexity index is 990.